The zero-order chi connectivity index (χ0) is 14.2. The van der Waals surface area contributed by atoms with Gasteiger partial charge in [0.05, 0.1) is 6.54 Å². The summed E-state index contributed by atoms with van der Waals surface area (Å²) in [5.74, 6) is 0.266. The normalized spacial score (nSPS) is 19.0. The van der Waals surface area contributed by atoms with Gasteiger partial charge in [-0.15, -0.1) is 0 Å². The smallest absolute Gasteiger partial charge is 0.178 e. The van der Waals surface area contributed by atoms with E-state index in [1.807, 2.05) is 6.07 Å². The number of hydrogen-bond donors (Lipinski definition) is 0. The summed E-state index contributed by atoms with van der Waals surface area (Å²) in [6, 6.07) is 2.05. The van der Waals surface area contributed by atoms with Gasteiger partial charge in [-0.25, -0.2) is 0 Å². The number of Topliss-reactive ketones (excluding diaryl/α,β-unsaturated/α-hetero) is 1. The SMILES string of the molecule is CCn1c(C)cc(C(=O)CN2CCCC2(C)C)c1C. The van der Waals surface area contributed by atoms with E-state index < -0.39 is 0 Å². The molecule has 0 saturated carbocycles. The number of carbonyl (C=O) groups is 1. The zero-order valence-corrected chi connectivity index (χ0v) is 12.9. The van der Waals surface area contributed by atoms with Gasteiger partial charge in [0.1, 0.15) is 0 Å². The van der Waals surface area contributed by atoms with Crippen LogP contribution in [-0.2, 0) is 6.54 Å². The van der Waals surface area contributed by atoms with E-state index in [4.69, 9.17) is 0 Å². The largest absolute Gasteiger partial charge is 0.349 e. The molecule has 3 heteroatoms. The highest BCUT2D eigenvalue weighted by molar-refractivity contribution is 5.99. The molecule has 1 aliphatic heterocycles. The van der Waals surface area contributed by atoms with Crippen LogP contribution in [0.25, 0.3) is 0 Å². The molecule has 1 saturated heterocycles. The number of likely N-dealkylation sites (tertiary alicyclic amines) is 1. The highest BCUT2D eigenvalue weighted by atomic mass is 16.1. The van der Waals surface area contributed by atoms with Crippen molar-refractivity contribution in [1.82, 2.24) is 9.47 Å². The molecule has 0 N–H and O–H groups in total. The fourth-order valence-corrected chi connectivity index (χ4v) is 3.28. The second kappa shape index (κ2) is 5.12. The second-order valence-electron chi connectivity index (χ2n) is 6.29. The quantitative estimate of drug-likeness (QED) is 0.779. The monoisotopic (exact) mass is 262 g/mol. The third-order valence-electron chi connectivity index (χ3n) is 4.60. The maximum Gasteiger partial charge on any atom is 0.178 e. The van der Waals surface area contributed by atoms with Crippen LogP contribution in [0.1, 0.15) is 55.4 Å². The van der Waals surface area contributed by atoms with Crippen LogP contribution in [0.4, 0.5) is 0 Å². The Labute approximate surface area is 116 Å². The molecular formula is C16H26N2O. The van der Waals surface area contributed by atoms with Crippen molar-refractivity contribution in [3.63, 3.8) is 0 Å². The van der Waals surface area contributed by atoms with Gasteiger partial charge in [0.2, 0.25) is 0 Å². The van der Waals surface area contributed by atoms with Gasteiger partial charge in [-0.2, -0.15) is 0 Å². The standard InChI is InChI=1S/C16H26N2O/c1-6-18-12(2)10-14(13(18)3)15(19)11-17-9-7-8-16(17,4)5/h10H,6-9,11H2,1-5H3. The number of nitrogens with zero attached hydrogens (tertiary/aromatic N) is 2. The fraction of sp³-hybridized carbons (Fsp3) is 0.688. The summed E-state index contributed by atoms with van der Waals surface area (Å²) in [5.41, 5.74) is 3.37. The first-order valence-corrected chi connectivity index (χ1v) is 7.32. The number of rotatable bonds is 4. The molecule has 2 rings (SSSR count). The van der Waals surface area contributed by atoms with Crippen LogP contribution in [0.15, 0.2) is 6.07 Å². The summed E-state index contributed by atoms with van der Waals surface area (Å²) in [7, 11) is 0. The zero-order valence-electron chi connectivity index (χ0n) is 12.9. The molecule has 3 nitrogen and oxygen atoms in total. The maximum absolute atomic E-state index is 12.5. The van der Waals surface area contributed by atoms with Crippen molar-refractivity contribution in [1.29, 1.82) is 0 Å². The van der Waals surface area contributed by atoms with Crippen molar-refractivity contribution in [3.05, 3.63) is 23.0 Å². The predicted molar refractivity (Wildman–Crippen MR) is 78.8 cm³/mol. The fourth-order valence-electron chi connectivity index (χ4n) is 3.28. The van der Waals surface area contributed by atoms with E-state index in [1.165, 1.54) is 18.5 Å². The Morgan fingerprint density at radius 3 is 2.53 bits per heavy atom. The molecule has 0 atom stereocenters. The molecule has 1 aromatic rings. The summed E-state index contributed by atoms with van der Waals surface area (Å²) in [4.78, 5) is 14.9. The molecular weight excluding hydrogens is 236 g/mol. The Hall–Kier alpha value is -1.09. The van der Waals surface area contributed by atoms with E-state index in [0.717, 1.165) is 24.3 Å². The van der Waals surface area contributed by atoms with Crippen molar-refractivity contribution in [2.45, 2.75) is 59.5 Å². The lowest BCUT2D eigenvalue weighted by molar-refractivity contribution is 0.0870. The van der Waals surface area contributed by atoms with E-state index in [9.17, 15) is 4.79 Å². The van der Waals surface area contributed by atoms with Crippen molar-refractivity contribution < 1.29 is 4.79 Å². The van der Waals surface area contributed by atoms with Crippen LogP contribution >= 0.6 is 0 Å². The third kappa shape index (κ3) is 2.62. The van der Waals surface area contributed by atoms with Gasteiger partial charge in [0.25, 0.3) is 0 Å². The summed E-state index contributed by atoms with van der Waals surface area (Å²) in [6.07, 6.45) is 2.39. The Morgan fingerprint density at radius 1 is 1.37 bits per heavy atom. The first kappa shape index (κ1) is 14.3. The first-order valence-electron chi connectivity index (χ1n) is 7.32. The minimum absolute atomic E-state index is 0.173. The minimum atomic E-state index is 0.173. The highest BCUT2D eigenvalue weighted by Crippen LogP contribution is 2.28. The molecule has 2 heterocycles. The number of aromatic nitrogens is 1. The van der Waals surface area contributed by atoms with E-state index >= 15 is 0 Å². The second-order valence-corrected chi connectivity index (χ2v) is 6.29. The summed E-state index contributed by atoms with van der Waals surface area (Å²) in [5, 5.41) is 0. The van der Waals surface area contributed by atoms with Crippen molar-refractivity contribution in [2.24, 2.45) is 0 Å². The van der Waals surface area contributed by atoms with Gasteiger partial charge in [-0.1, -0.05) is 0 Å². The minimum Gasteiger partial charge on any atom is -0.349 e. The van der Waals surface area contributed by atoms with E-state index in [0.29, 0.717) is 6.54 Å². The lowest BCUT2D eigenvalue weighted by Gasteiger charge is -2.30. The molecule has 1 fully saturated rings. The number of hydrogen-bond acceptors (Lipinski definition) is 2. The summed E-state index contributed by atoms with van der Waals surface area (Å²) in [6.45, 7) is 13.3. The van der Waals surface area contributed by atoms with Crippen LogP contribution in [0.5, 0.6) is 0 Å². The Bertz CT molecular complexity index is 485. The van der Waals surface area contributed by atoms with Crippen molar-refractivity contribution >= 4 is 5.78 Å². The van der Waals surface area contributed by atoms with Crippen LogP contribution in [0.2, 0.25) is 0 Å². The number of ketones is 1. The molecule has 0 unspecified atom stereocenters. The Kier molecular flexibility index (Phi) is 3.86. The lowest BCUT2D eigenvalue weighted by Crippen LogP contribution is -2.41. The molecule has 19 heavy (non-hydrogen) atoms. The van der Waals surface area contributed by atoms with Crippen LogP contribution < -0.4 is 0 Å². The molecule has 1 aromatic heterocycles. The average molecular weight is 262 g/mol. The Morgan fingerprint density at radius 2 is 2.05 bits per heavy atom. The van der Waals surface area contributed by atoms with Gasteiger partial charge in [0, 0.05) is 29.0 Å². The van der Waals surface area contributed by atoms with Crippen LogP contribution in [0, 0.1) is 13.8 Å². The molecule has 0 aromatic carbocycles. The van der Waals surface area contributed by atoms with Gasteiger partial charge in [-0.3, -0.25) is 9.69 Å². The van der Waals surface area contributed by atoms with Gasteiger partial charge >= 0.3 is 0 Å². The number of aryl methyl sites for hydroxylation is 1. The van der Waals surface area contributed by atoms with E-state index in [2.05, 4.69) is 44.1 Å². The van der Waals surface area contributed by atoms with Gasteiger partial charge in [-0.05, 0) is 60.1 Å². The molecule has 0 amide bonds. The summed E-state index contributed by atoms with van der Waals surface area (Å²) >= 11 is 0. The van der Waals surface area contributed by atoms with Crippen molar-refractivity contribution in [3.8, 4) is 0 Å². The molecule has 1 aliphatic rings. The lowest BCUT2D eigenvalue weighted by atomic mass is 10.0. The van der Waals surface area contributed by atoms with E-state index in [1.54, 1.807) is 0 Å². The Balaban J connectivity index is 2.17. The van der Waals surface area contributed by atoms with Crippen LogP contribution in [0.3, 0.4) is 0 Å². The van der Waals surface area contributed by atoms with Crippen molar-refractivity contribution in [2.75, 3.05) is 13.1 Å². The first-order chi connectivity index (χ1) is 8.86. The molecule has 0 aliphatic carbocycles. The third-order valence-corrected chi connectivity index (χ3v) is 4.60. The van der Waals surface area contributed by atoms with E-state index in [-0.39, 0.29) is 11.3 Å². The predicted octanol–water partition coefficient (Wildman–Crippen LogP) is 3.18. The van der Waals surface area contributed by atoms with Gasteiger partial charge < -0.3 is 4.57 Å². The average Bonchev–Trinajstić information content (AvgIpc) is 2.80. The van der Waals surface area contributed by atoms with Crippen LogP contribution in [-0.4, -0.2) is 33.9 Å². The molecule has 0 bridgehead atoms. The molecule has 0 spiro atoms. The number of carbonyl (C=O) groups excluding carboxylic acids is 1. The summed E-state index contributed by atoms with van der Waals surface area (Å²) < 4.78 is 2.21. The topological polar surface area (TPSA) is 25.2 Å². The van der Waals surface area contributed by atoms with Gasteiger partial charge in [0.15, 0.2) is 5.78 Å². The maximum atomic E-state index is 12.5. The molecule has 106 valence electrons. The highest BCUT2D eigenvalue weighted by Gasteiger charge is 2.33. The molecule has 0 radical (unpaired) electrons.